The molecule has 2 aromatic carbocycles. The summed E-state index contributed by atoms with van der Waals surface area (Å²) in [4.78, 5) is 21.8. The second-order valence-corrected chi connectivity index (χ2v) is 7.40. The molecule has 0 unspecified atom stereocenters. The van der Waals surface area contributed by atoms with Crippen molar-refractivity contribution in [1.82, 2.24) is 9.55 Å². The number of nitrogens with one attached hydrogen (secondary N) is 2. The third-order valence-electron chi connectivity index (χ3n) is 4.84. The molecule has 1 atom stereocenters. The monoisotopic (exact) mass is 389 g/mol. The van der Waals surface area contributed by atoms with E-state index in [1.807, 2.05) is 12.1 Å². The van der Waals surface area contributed by atoms with Crippen molar-refractivity contribution in [2.24, 2.45) is 4.99 Å². The van der Waals surface area contributed by atoms with Crippen molar-refractivity contribution in [1.29, 1.82) is 0 Å². The highest BCUT2D eigenvalue weighted by molar-refractivity contribution is 6.03. The van der Waals surface area contributed by atoms with Crippen molar-refractivity contribution in [3.8, 4) is 5.75 Å². The smallest absolute Gasteiger partial charge is 0.257 e. The van der Waals surface area contributed by atoms with Crippen LogP contribution in [0.5, 0.6) is 5.75 Å². The molecule has 0 spiro atoms. The summed E-state index contributed by atoms with van der Waals surface area (Å²) in [5, 5.41) is 16.0. The lowest BCUT2D eigenvalue weighted by Gasteiger charge is -2.27. The topological polar surface area (TPSA) is 91.5 Å². The molecule has 0 bridgehead atoms. The lowest BCUT2D eigenvalue weighted by Crippen LogP contribution is -2.37. The van der Waals surface area contributed by atoms with Gasteiger partial charge in [0.1, 0.15) is 5.75 Å². The van der Waals surface area contributed by atoms with E-state index < -0.39 is 6.17 Å². The fourth-order valence-electron chi connectivity index (χ4n) is 3.27. The minimum Gasteiger partial charge on any atom is -0.508 e. The number of aromatic nitrogens is 2. The van der Waals surface area contributed by atoms with Crippen LogP contribution >= 0.6 is 0 Å². The number of hydrogen-bond donors (Lipinski definition) is 3. The first-order chi connectivity index (χ1) is 13.9. The molecule has 7 heteroatoms. The summed E-state index contributed by atoms with van der Waals surface area (Å²) in [7, 11) is 0. The molecule has 1 aliphatic rings. The van der Waals surface area contributed by atoms with Gasteiger partial charge in [0.25, 0.3) is 5.56 Å². The van der Waals surface area contributed by atoms with Crippen molar-refractivity contribution in [3.63, 3.8) is 0 Å². The lowest BCUT2D eigenvalue weighted by molar-refractivity contribution is 0.474. The summed E-state index contributed by atoms with van der Waals surface area (Å²) in [6.07, 6.45) is -0.593. The Morgan fingerprint density at radius 3 is 2.45 bits per heavy atom. The van der Waals surface area contributed by atoms with Gasteiger partial charge in [-0.15, -0.1) is 0 Å². The number of aryl methyl sites for hydroxylation is 1. The number of phenolic OH excluding ortho intramolecular Hbond substituents is 1. The van der Waals surface area contributed by atoms with Gasteiger partial charge in [0.05, 0.1) is 0 Å². The van der Waals surface area contributed by atoms with Crippen LogP contribution in [0.25, 0.3) is 0 Å². The Kier molecular flexibility index (Phi) is 4.80. The van der Waals surface area contributed by atoms with Crippen LogP contribution < -0.4 is 16.2 Å². The SMILES string of the molecule is Cc1cc(=O)n2c(n1)NC(Nc1ccc(C(C)C)cc1)=N[C@H]2c1ccc(O)cc1. The minimum atomic E-state index is -0.593. The first kappa shape index (κ1) is 18.7. The van der Waals surface area contributed by atoms with Crippen molar-refractivity contribution in [3.05, 3.63) is 81.8 Å². The van der Waals surface area contributed by atoms with Crippen molar-refractivity contribution >= 4 is 17.6 Å². The Bertz CT molecular complexity index is 1120. The number of hydrogen-bond acceptors (Lipinski definition) is 6. The third kappa shape index (κ3) is 3.85. The minimum absolute atomic E-state index is 0.157. The van der Waals surface area contributed by atoms with Gasteiger partial charge in [0, 0.05) is 17.4 Å². The molecule has 2 heterocycles. The summed E-state index contributed by atoms with van der Waals surface area (Å²) >= 11 is 0. The standard InChI is InChI=1S/C22H23N5O2/c1-13(2)15-4-8-17(9-5-15)24-21-25-20(16-6-10-18(28)11-7-16)27-19(29)12-14(3)23-22(27)26-21/h4-13,20,28H,1-3H3,(H2,23,24,25,26)/t20-/m1/s1. The fourth-order valence-corrected chi connectivity index (χ4v) is 3.27. The maximum atomic E-state index is 12.6. The van der Waals surface area contributed by atoms with E-state index >= 15 is 0 Å². The zero-order valence-electron chi connectivity index (χ0n) is 16.5. The van der Waals surface area contributed by atoms with Crippen LogP contribution in [0, 0.1) is 6.92 Å². The number of aromatic hydroxyl groups is 1. The third-order valence-corrected chi connectivity index (χ3v) is 4.84. The van der Waals surface area contributed by atoms with Gasteiger partial charge in [-0.2, -0.15) is 0 Å². The number of nitrogens with zero attached hydrogens (tertiary/aromatic N) is 3. The molecule has 0 radical (unpaired) electrons. The van der Waals surface area contributed by atoms with Crippen LogP contribution in [0.3, 0.4) is 0 Å². The Morgan fingerprint density at radius 2 is 1.79 bits per heavy atom. The van der Waals surface area contributed by atoms with Crippen LogP contribution in [0.15, 0.2) is 64.4 Å². The van der Waals surface area contributed by atoms with E-state index in [1.165, 1.54) is 16.2 Å². The van der Waals surface area contributed by atoms with Gasteiger partial charge in [-0.25, -0.2) is 9.98 Å². The number of benzene rings is 2. The van der Waals surface area contributed by atoms with E-state index in [-0.39, 0.29) is 11.3 Å². The second kappa shape index (κ2) is 7.43. The average Bonchev–Trinajstić information content (AvgIpc) is 2.68. The molecule has 0 fully saturated rings. The largest absolute Gasteiger partial charge is 0.508 e. The molecule has 0 amide bonds. The molecule has 4 rings (SSSR count). The van der Waals surface area contributed by atoms with Gasteiger partial charge >= 0.3 is 0 Å². The number of phenols is 1. The van der Waals surface area contributed by atoms with Crippen molar-refractivity contribution in [2.75, 3.05) is 10.6 Å². The van der Waals surface area contributed by atoms with Crippen LogP contribution in [0.4, 0.5) is 11.6 Å². The number of rotatable bonds is 3. The molecule has 0 saturated carbocycles. The highest BCUT2D eigenvalue weighted by atomic mass is 16.3. The van der Waals surface area contributed by atoms with E-state index in [9.17, 15) is 9.90 Å². The predicted octanol–water partition coefficient (Wildman–Crippen LogP) is 3.82. The number of fused-ring (bicyclic) bond motifs is 1. The molecule has 29 heavy (non-hydrogen) atoms. The Morgan fingerprint density at radius 1 is 1.10 bits per heavy atom. The Balaban J connectivity index is 1.73. The highest BCUT2D eigenvalue weighted by Gasteiger charge is 2.25. The van der Waals surface area contributed by atoms with E-state index in [2.05, 4.69) is 41.6 Å². The van der Waals surface area contributed by atoms with E-state index in [0.717, 1.165) is 11.3 Å². The molecule has 7 nitrogen and oxygen atoms in total. The Hall–Kier alpha value is -3.61. The van der Waals surface area contributed by atoms with Gasteiger partial charge in [-0.1, -0.05) is 38.1 Å². The van der Waals surface area contributed by atoms with Gasteiger partial charge in [-0.05, 0) is 48.2 Å². The quantitative estimate of drug-likeness (QED) is 0.633. The summed E-state index contributed by atoms with van der Waals surface area (Å²) < 4.78 is 1.51. The van der Waals surface area contributed by atoms with E-state index in [1.54, 1.807) is 31.2 Å². The number of aliphatic imine (C=N–C) groups is 1. The summed E-state index contributed by atoms with van der Waals surface area (Å²) in [6.45, 7) is 6.09. The molecule has 3 N–H and O–H groups in total. The first-order valence-electron chi connectivity index (χ1n) is 9.51. The molecule has 3 aromatic rings. The molecular weight excluding hydrogens is 366 g/mol. The molecule has 148 valence electrons. The summed E-state index contributed by atoms with van der Waals surface area (Å²) in [5.74, 6) is 1.53. The van der Waals surface area contributed by atoms with Gasteiger partial charge < -0.3 is 10.4 Å². The first-order valence-corrected chi connectivity index (χ1v) is 9.51. The van der Waals surface area contributed by atoms with E-state index in [0.29, 0.717) is 23.5 Å². The van der Waals surface area contributed by atoms with Crippen molar-refractivity contribution < 1.29 is 5.11 Å². The summed E-state index contributed by atoms with van der Waals surface area (Å²) in [6, 6.07) is 16.3. The molecule has 1 aromatic heterocycles. The van der Waals surface area contributed by atoms with Gasteiger partial charge in [0.2, 0.25) is 11.9 Å². The Labute approximate surface area is 168 Å². The fraction of sp³-hybridized carbons (Fsp3) is 0.227. The zero-order chi connectivity index (χ0) is 20.5. The van der Waals surface area contributed by atoms with Crippen molar-refractivity contribution in [2.45, 2.75) is 32.9 Å². The summed E-state index contributed by atoms with van der Waals surface area (Å²) in [5.41, 5.74) is 3.34. The number of guanidine groups is 1. The average molecular weight is 389 g/mol. The molecule has 1 aliphatic heterocycles. The predicted molar refractivity (Wildman–Crippen MR) is 115 cm³/mol. The van der Waals surface area contributed by atoms with Crippen LogP contribution in [0.2, 0.25) is 0 Å². The second-order valence-electron chi connectivity index (χ2n) is 7.40. The maximum absolute atomic E-state index is 12.6. The maximum Gasteiger partial charge on any atom is 0.257 e. The number of anilines is 2. The van der Waals surface area contributed by atoms with Gasteiger partial charge in [-0.3, -0.25) is 14.7 Å². The zero-order valence-corrected chi connectivity index (χ0v) is 16.5. The lowest BCUT2D eigenvalue weighted by atomic mass is 10.0. The van der Waals surface area contributed by atoms with Crippen LogP contribution in [0.1, 0.15) is 42.8 Å². The van der Waals surface area contributed by atoms with Crippen LogP contribution in [-0.4, -0.2) is 20.6 Å². The molecular formula is C22H23N5O2. The molecule has 0 aliphatic carbocycles. The normalized spacial score (nSPS) is 15.4. The van der Waals surface area contributed by atoms with E-state index in [4.69, 9.17) is 4.99 Å². The highest BCUT2D eigenvalue weighted by Crippen LogP contribution is 2.27. The van der Waals surface area contributed by atoms with Crippen LogP contribution in [-0.2, 0) is 0 Å². The molecule has 0 saturated heterocycles. The van der Waals surface area contributed by atoms with Gasteiger partial charge in [0.15, 0.2) is 6.17 Å².